The first-order valence-corrected chi connectivity index (χ1v) is 12.8. The summed E-state index contributed by atoms with van der Waals surface area (Å²) in [6, 6.07) is 14.7. The van der Waals surface area contributed by atoms with E-state index in [2.05, 4.69) is 15.5 Å². The number of benzene rings is 2. The largest absolute Gasteiger partial charge is 0.392 e. The third-order valence-electron chi connectivity index (χ3n) is 5.36. The molecule has 2 aromatic carbocycles. The number of rotatable bonds is 7. The summed E-state index contributed by atoms with van der Waals surface area (Å²) in [6.45, 7) is -0.0266. The minimum Gasteiger partial charge on any atom is -0.392 e. The molecule has 186 valence electrons. The second-order valence-electron chi connectivity index (χ2n) is 7.96. The number of halogens is 3. The molecular weight excluding hydrogens is 535 g/mol. The molecule has 8 nitrogen and oxygen atoms in total. The molecule has 0 saturated carbocycles. The third kappa shape index (κ3) is 6.89. The van der Waals surface area contributed by atoms with Crippen molar-refractivity contribution in [3.8, 4) is 0 Å². The Morgan fingerprint density at radius 2 is 1.97 bits per heavy atom. The molecule has 3 atom stereocenters. The van der Waals surface area contributed by atoms with Crippen molar-refractivity contribution in [1.29, 1.82) is 0 Å². The minimum atomic E-state index is -2.08. The average molecular weight is 558 g/mol. The van der Waals surface area contributed by atoms with E-state index in [0.717, 1.165) is 16.3 Å². The van der Waals surface area contributed by atoms with E-state index in [-0.39, 0.29) is 18.8 Å². The number of aliphatic hydroxyl groups is 1. The molecule has 2 N–H and O–H groups in total. The number of amides is 1. The van der Waals surface area contributed by atoms with Gasteiger partial charge in [-0.3, -0.25) is 4.79 Å². The van der Waals surface area contributed by atoms with Crippen LogP contribution in [0, 0.1) is 0 Å². The van der Waals surface area contributed by atoms with Crippen LogP contribution in [0.5, 0.6) is 0 Å². The van der Waals surface area contributed by atoms with Crippen molar-refractivity contribution in [1.82, 2.24) is 14.8 Å². The lowest BCUT2D eigenvalue weighted by Gasteiger charge is -2.36. The molecule has 35 heavy (non-hydrogen) atoms. The number of nitrogens with one attached hydrogen (secondary N) is 1. The number of aryl methyl sites for hydroxylation is 1. The molecule has 0 aliphatic carbocycles. The van der Waals surface area contributed by atoms with E-state index < -0.39 is 16.0 Å². The van der Waals surface area contributed by atoms with E-state index in [1.165, 1.54) is 0 Å². The van der Waals surface area contributed by atoms with Crippen LogP contribution in [-0.4, -0.2) is 41.4 Å². The highest BCUT2D eigenvalue weighted by atomic mass is 35.6. The van der Waals surface area contributed by atoms with Gasteiger partial charge in [0.2, 0.25) is 0 Å². The normalized spacial score (nSPS) is 20.5. The summed E-state index contributed by atoms with van der Waals surface area (Å²) in [5, 5.41) is 20.8. The molecule has 4 rings (SSSR count). The van der Waals surface area contributed by atoms with Gasteiger partial charge in [-0.1, -0.05) is 83.0 Å². The van der Waals surface area contributed by atoms with Crippen LogP contribution in [0.15, 0.2) is 60.0 Å². The predicted molar refractivity (Wildman–Crippen MR) is 136 cm³/mol. The lowest BCUT2D eigenvalue weighted by molar-refractivity contribution is -0.245. The van der Waals surface area contributed by atoms with Gasteiger partial charge >= 0.3 is 0 Å². The smallest absolute Gasteiger partial charge is 0.276 e. The van der Waals surface area contributed by atoms with Crippen LogP contribution in [0.2, 0.25) is 0 Å². The van der Waals surface area contributed by atoms with E-state index >= 15 is 0 Å². The number of hydrogen-bond donors (Lipinski definition) is 2. The number of aromatic nitrogens is 3. The summed E-state index contributed by atoms with van der Waals surface area (Å²) >= 11 is 18.6. The van der Waals surface area contributed by atoms with Crippen LogP contribution in [0.1, 0.15) is 35.5 Å². The van der Waals surface area contributed by atoms with Gasteiger partial charge in [0.1, 0.15) is 6.33 Å². The Balaban J connectivity index is 1.55. The molecule has 0 radical (unpaired) electrons. The highest BCUT2D eigenvalue weighted by Crippen LogP contribution is 2.40. The van der Waals surface area contributed by atoms with Gasteiger partial charge < -0.3 is 24.5 Å². The Morgan fingerprint density at radius 3 is 2.63 bits per heavy atom. The number of ether oxygens (including phenoxy) is 2. The molecule has 1 aromatic heterocycles. The van der Waals surface area contributed by atoms with Gasteiger partial charge in [-0.2, -0.15) is 0 Å². The Morgan fingerprint density at radius 1 is 1.20 bits per heavy atom. The van der Waals surface area contributed by atoms with Gasteiger partial charge in [-0.05, 0) is 23.3 Å². The molecular formula is C23H23Cl3N4O4S. The van der Waals surface area contributed by atoms with Crippen molar-refractivity contribution in [3.63, 3.8) is 0 Å². The van der Waals surface area contributed by atoms with Crippen LogP contribution in [-0.2, 0) is 27.9 Å². The van der Waals surface area contributed by atoms with Crippen molar-refractivity contribution < 1.29 is 19.4 Å². The molecule has 1 aliphatic rings. The van der Waals surface area contributed by atoms with E-state index in [1.807, 2.05) is 41.9 Å². The van der Waals surface area contributed by atoms with Gasteiger partial charge in [-0.15, -0.1) is 10.2 Å². The van der Waals surface area contributed by atoms with Crippen LogP contribution >= 0.6 is 46.6 Å². The third-order valence-corrected chi connectivity index (χ3v) is 7.04. The number of carbonyl (C=O) groups excluding carboxylic acids is 1. The monoisotopic (exact) mass is 556 g/mol. The Hall–Kier alpha value is -1.85. The maximum atomic E-state index is 12.1. The number of hydrogen-bond acceptors (Lipinski definition) is 7. The van der Waals surface area contributed by atoms with Crippen LogP contribution < -0.4 is 5.32 Å². The molecule has 3 aromatic rings. The first-order valence-electron chi connectivity index (χ1n) is 10.7. The first kappa shape index (κ1) is 26.2. The standard InChI is InChI=1S/C23H23Cl3N4O4S/c1-30-13-27-29-22(30)35-12-18-10-19(15-7-5-14(11-31)6-8-15)34-20(33-18)16-3-2-4-17(9-16)28-21(32)23(24,25)26/h2-9,13,18-20,31H,10-12H2,1H3,(H,28,32)/t18-,19+,20+/m1/s1. The maximum Gasteiger partial charge on any atom is 0.276 e. The Bertz CT molecular complexity index is 1160. The van der Waals surface area contributed by atoms with E-state index in [0.29, 0.717) is 23.4 Å². The average Bonchev–Trinajstić information content (AvgIpc) is 3.26. The van der Waals surface area contributed by atoms with Gasteiger partial charge in [-0.25, -0.2) is 0 Å². The van der Waals surface area contributed by atoms with Crippen molar-refractivity contribution >= 4 is 58.2 Å². The highest BCUT2D eigenvalue weighted by Gasteiger charge is 2.33. The first-order chi connectivity index (χ1) is 16.7. The number of thioether (sulfide) groups is 1. The predicted octanol–water partition coefficient (Wildman–Crippen LogP) is 4.95. The van der Waals surface area contributed by atoms with Crippen molar-refractivity contribution in [2.24, 2.45) is 7.05 Å². The van der Waals surface area contributed by atoms with E-state index in [9.17, 15) is 9.90 Å². The molecule has 1 saturated heterocycles. The quantitative estimate of drug-likeness (QED) is 0.313. The van der Waals surface area contributed by atoms with E-state index in [1.54, 1.807) is 36.3 Å². The molecule has 1 fully saturated rings. The van der Waals surface area contributed by atoms with Gasteiger partial charge in [0, 0.05) is 30.5 Å². The number of alkyl halides is 3. The SMILES string of the molecule is Cn1cnnc1SC[C@H]1C[C@@H](c2ccc(CO)cc2)O[C@@H](c2cccc(NC(=O)C(Cl)(Cl)Cl)c2)O1. The Labute approximate surface area is 221 Å². The zero-order valence-corrected chi connectivity index (χ0v) is 21.7. The van der Waals surface area contributed by atoms with Crippen molar-refractivity contribution in [2.75, 3.05) is 11.1 Å². The molecule has 1 amide bonds. The number of carbonyl (C=O) groups is 1. The summed E-state index contributed by atoms with van der Waals surface area (Å²) in [5.41, 5.74) is 2.96. The molecule has 1 aliphatic heterocycles. The molecule has 0 unspecified atom stereocenters. The molecule has 0 spiro atoms. The van der Waals surface area contributed by atoms with Crippen molar-refractivity contribution in [3.05, 3.63) is 71.5 Å². The van der Waals surface area contributed by atoms with Gasteiger partial charge in [0.25, 0.3) is 9.70 Å². The van der Waals surface area contributed by atoms with Crippen LogP contribution in [0.4, 0.5) is 5.69 Å². The second-order valence-corrected chi connectivity index (χ2v) is 11.2. The fraction of sp³-hybridized carbons (Fsp3) is 0.348. The van der Waals surface area contributed by atoms with Gasteiger partial charge in [0.15, 0.2) is 11.4 Å². The second kappa shape index (κ2) is 11.5. The zero-order chi connectivity index (χ0) is 25.0. The number of anilines is 1. The zero-order valence-electron chi connectivity index (χ0n) is 18.6. The number of aliphatic hydroxyl groups excluding tert-OH is 1. The minimum absolute atomic E-state index is 0.0266. The number of nitrogens with zero attached hydrogens (tertiary/aromatic N) is 3. The van der Waals surface area contributed by atoms with Crippen LogP contribution in [0.3, 0.4) is 0 Å². The van der Waals surface area contributed by atoms with Gasteiger partial charge in [0.05, 0.1) is 18.8 Å². The van der Waals surface area contributed by atoms with Crippen LogP contribution in [0.25, 0.3) is 0 Å². The summed E-state index contributed by atoms with van der Waals surface area (Å²) in [4.78, 5) is 12.1. The highest BCUT2D eigenvalue weighted by molar-refractivity contribution is 7.99. The maximum absolute atomic E-state index is 12.1. The summed E-state index contributed by atoms with van der Waals surface area (Å²) in [5.74, 6) is -0.119. The fourth-order valence-corrected chi connectivity index (χ4v) is 4.61. The fourth-order valence-electron chi connectivity index (χ4n) is 3.56. The summed E-state index contributed by atoms with van der Waals surface area (Å²) in [7, 11) is 1.89. The lowest BCUT2D eigenvalue weighted by Crippen LogP contribution is -2.31. The van der Waals surface area contributed by atoms with Crippen molar-refractivity contribution in [2.45, 2.75) is 40.5 Å². The Kier molecular flexibility index (Phi) is 8.59. The molecule has 12 heteroatoms. The summed E-state index contributed by atoms with van der Waals surface area (Å²) < 4.78 is 12.4. The van der Waals surface area contributed by atoms with E-state index in [4.69, 9.17) is 44.3 Å². The molecule has 2 heterocycles. The summed E-state index contributed by atoms with van der Waals surface area (Å²) in [6.07, 6.45) is 1.19. The lowest BCUT2D eigenvalue weighted by atomic mass is 10.0. The molecule has 0 bridgehead atoms. The topological polar surface area (TPSA) is 98.5 Å².